The molecular formula is C13H20N4O. The van der Waals surface area contributed by atoms with Crippen LogP contribution in [0.4, 0.5) is 0 Å². The van der Waals surface area contributed by atoms with Crippen molar-refractivity contribution in [2.24, 2.45) is 5.92 Å². The molecule has 0 atom stereocenters. The van der Waals surface area contributed by atoms with E-state index < -0.39 is 0 Å². The van der Waals surface area contributed by atoms with Crippen molar-refractivity contribution in [1.82, 2.24) is 20.4 Å². The van der Waals surface area contributed by atoms with Gasteiger partial charge in [-0.05, 0) is 18.8 Å². The summed E-state index contributed by atoms with van der Waals surface area (Å²) in [5.41, 5.74) is 2.79. The monoisotopic (exact) mass is 248 g/mol. The van der Waals surface area contributed by atoms with Crippen LogP contribution >= 0.6 is 0 Å². The van der Waals surface area contributed by atoms with Gasteiger partial charge < -0.3 is 10.2 Å². The van der Waals surface area contributed by atoms with E-state index in [2.05, 4.69) is 15.5 Å². The first-order chi connectivity index (χ1) is 8.75. The number of carbonyl (C=O) groups excluding carboxylic acids is 1. The van der Waals surface area contributed by atoms with Crippen LogP contribution in [0, 0.1) is 5.92 Å². The standard InChI is InChI=1S/C13H20N4O/c1-17(8-9-3-2-4-9)13(18)12-10-7-14-6-5-11(10)15-16-12/h9,14H,2-8H2,1H3,(H,15,16). The molecule has 2 aliphatic rings. The van der Waals surface area contributed by atoms with Gasteiger partial charge in [0.25, 0.3) is 5.91 Å². The molecule has 2 N–H and O–H groups in total. The molecule has 1 aliphatic carbocycles. The number of carbonyl (C=O) groups is 1. The summed E-state index contributed by atoms with van der Waals surface area (Å²) in [7, 11) is 1.89. The van der Waals surface area contributed by atoms with Crippen LogP contribution < -0.4 is 5.32 Å². The predicted molar refractivity (Wildman–Crippen MR) is 68.3 cm³/mol. The summed E-state index contributed by atoms with van der Waals surface area (Å²) < 4.78 is 0. The Morgan fingerprint density at radius 1 is 1.50 bits per heavy atom. The Morgan fingerprint density at radius 2 is 2.33 bits per heavy atom. The summed E-state index contributed by atoms with van der Waals surface area (Å²) >= 11 is 0. The Bertz CT molecular complexity index is 450. The maximum atomic E-state index is 12.4. The molecule has 5 nitrogen and oxygen atoms in total. The molecule has 0 radical (unpaired) electrons. The molecule has 1 saturated carbocycles. The number of rotatable bonds is 3. The van der Waals surface area contributed by atoms with Gasteiger partial charge in [0.1, 0.15) is 0 Å². The van der Waals surface area contributed by atoms with Crippen molar-refractivity contribution >= 4 is 5.91 Å². The smallest absolute Gasteiger partial charge is 0.274 e. The molecule has 2 heterocycles. The largest absolute Gasteiger partial charge is 0.340 e. The number of aromatic nitrogens is 2. The number of hydrogen-bond acceptors (Lipinski definition) is 3. The summed E-state index contributed by atoms with van der Waals surface area (Å²) in [6, 6.07) is 0. The Balaban J connectivity index is 1.72. The average Bonchev–Trinajstić information content (AvgIpc) is 2.76. The molecule has 98 valence electrons. The van der Waals surface area contributed by atoms with Crippen LogP contribution in [0.15, 0.2) is 0 Å². The fraction of sp³-hybridized carbons (Fsp3) is 0.692. The first-order valence-corrected chi connectivity index (χ1v) is 6.78. The highest BCUT2D eigenvalue weighted by molar-refractivity contribution is 5.93. The van der Waals surface area contributed by atoms with Crippen LogP contribution in [-0.2, 0) is 13.0 Å². The van der Waals surface area contributed by atoms with Gasteiger partial charge in [-0.2, -0.15) is 5.10 Å². The predicted octanol–water partition coefficient (Wildman–Crippen LogP) is 0.927. The summed E-state index contributed by atoms with van der Waals surface area (Å²) in [4.78, 5) is 14.2. The van der Waals surface area contributed by atoms with Gasteiger partial charge in [0.2, 0.25) is 0 Å². The minimum atomic E-state index is 0.0584. The summed E-state index contributed by atoms with van der Waals surface area (Å²) in [5, 5.41) is 10.5. The van der Waals surface area contributed by atoms with Crippen LogP contribution in [0.1, 0.15) is 41.0 Å². The van der Waals surface area contributed by atoms with Gasteiger partial charge in [0, 0.05) is 44.4 Å². The van der Waals surface area contributed by atoms with Crippen molar-refractivity contribution in [3.05, 3.63) is 17.0 Å². The minimum Gasteiger partial charge on any atom is -0.340 e. The van der Waals surface area contributed by atoms with E-state index in [4.69, 9.17) is 0 Å². The van der Waals surface area contributed by atoms with Gasteiger partial charge in [0.05, 0.1) is 0 Å². The zero-order valence-electron chi connectivity index (χ0n) is 10.8. The van der Waals surface area contributed by atoms with Crippen molar-refractivity contribution in [3.63, 3.8) is 0 Å². The highest BCUT2D eigenvalue weighted by Gasteiger charge is 2.26. The molecule has 0 unspecified atom stereocenters. The molecule has 3 rings (SSSR count). The molecule has 1 aliphatic heterocycles. The molecule has 1 aromatic heterocycles. The zero-order chi connectivity index (χ0) is 12.5. The van der Waals surface area contributed by atoms with Gasteiger partial charge in [-0.1, -0.05) is 6.42 Å². The Hall–Kier alpha value is -1.36. The van der Waals surface area contributed by atoms with E-state index in [1.54, 1.807) is 0 Å². The van der Waals surface area contributed by atoms with Crippen molar-refractivity contribution < 1.29 is 4.79 Å². The molecule has 1 aromatic rings. The molecular weight excluding hydrogens is 228 g/mol. The fourth-order valence-electron chi connectivity index (χ4n) is 2.73. The Morgan fingerprint density at radius 3 is 3.06 bits per heavy atom. The van der Waals surface area contributed by atoms with Crippen LogP contribution in [0.2, 0.25) is 0 Å². The zero-order valence-corrected chi connectivity index (χ0v) is 10.8. The lowest BCUT2D eigenvalue weighted by Crippen LogP contribution is -2.35. The van der Waals surface area contributed by atoms with Crippen molar-refractivity contribution in [1.29, 1.82) is 0 Å². The minimum absolute atomic E-state index is 0.0584. The molecule has 1 amide bonds. The van der Waals surface area contributed by atoms with Gasteiger partial charge in [-0.25, -0.2) is 0 Å². The van der Waals surface area contributed by atoms with E-state index in [1.807, 2.05) is 11.9 Å². The maximum absolute atomic E-state index is 12.4. The van der Waals surface area contributed by atoms with E-state index in [0.717, 1.165) is 37.3 Å². The quantitative estimate of drug-likeness (QED) is 0.836. The second kappa shape index (κ2) is 4.72. The Labute approximate surface area is 107 Å². The highest BCUT2D eigenvalue weighted by atomic mass is 16.2. The van der Waals surface area contributed by atoms with E-state index in [0.29, 0.717) is 11.6 Å². The first kappa shape index (κ1) is 11.7. The molecule has 1 fully saturated rings. The van der Waals surface area contributed by atoms with E-state index in [9.17, 15) is 4.79 Å². The van der Waals surface area contributed by atoms with E-state index >= 15 is 0 Å². The lowest BCUT2D eigenvalue weighted by Gasteiger charge is -2.30. The average molecular weight is 248 g/mol. The van der Waals surface area contributed by atoms with Crippen LogP contribution in [-0.4, -0.2) is 41.1 Å². The van der Waals surface area contributed by atoms with Crippen LogP contribution in [0.25, 0.3) is 0 Å². The van der Waals surface area contributed by atoms with Crippen LogP contribution in [0.3, 0.4) is 0 Å². The fourth-order valence-corrected chi connectivity index (χ4v) is 2.73. The normalized spacial score (nSPS) is 19.2. The molecule has 0 bridgehead atoms. The molecule has 0 saturated heterocycles. The van der Waals surface area contributed by atoms with Gasteiger partial charge >= 0.3 is 0 Å². The van der Waals surface area contributed by atoms with Crippen molar-refractivity contribution in [2.45, 2.75) is 32.2 Å². The molecule has 5 heteroatoms. The lowest BCUT2D eigenvalue weighted by atomic mass is 9.85. The van der Waals surface area contributed by atoms with E-state index in [1.165, 1.54) is 19.3 Å². The second-order valence-corrected chi connectivity index (χ2v) is 5.44. The summed E-state index contributed by atoms with van der Waals surface area (Å²) in [6.07, 6.45) is 4.77. The van der Waals surface area contributed by atoms with Gasteiger partial charge in [-0.15, -0.1) is 0 Å². The van der Waals surface area contributed by atoms with Gasteiger partial charge in [0.15, 0.2) is 5.69 Å². The second-order valence-electron chi connectivity index (χ2n) is 5.44. The number of amides is 1. The lowest BCUT2D eigenvalue weighted by molar-refractivity contribution is 0.0738. The third-order valence-electron chi connectivity index (χ3n) is 4.11. The van der Waals surface area contributed by atoms with Crippen molar-refractivity contribution in [2.75, 3.05) is 20.1 Å². The topological polar surface area (TPSA) is 61.0 Å². The first-order valence-electron chi connectivity index (χ1n) is 6.78. The SMILES string of the molecule is CN(CC1CCC1)C(=O)c1n[nH]c2c1CNCC2. The molecule has 0 spiro atoms. The molecule has 18 heavy (non-hydrogen) atoms. The summed E-state index contributed by atoms with van der Waals surface area (Å²) in [5.74, 6) is 0.759. The number of aromatic amines is 1. The number of nitrogens with one attached hydrogen (secondary N) is 2. The van der Waals surface area contributed by atoms with Crippen LogP contribution in [0.5, 0.6) is 0 Å². The maximum Gasteiger partial charge on any atom is 0.274 e. The molecule has 0 aromatic carbocycles. The summed E-state index contributed by atoms with van der Waals surface area (Å²) in [6.45, 7) is 2.58. The van der Waals surface area contributed by atoms with Crippen molar-refractivity contribution in [3.8, 4) is 0 Å². The van der Waals surface area contributed by atoms with E-state index in [-0.39, 0.29) is 5.91 Å². The highest BCUT2D eigenvalue weighted by Crippen LogP contribution is 2.27. The number of fused-ring (bicyclic) bond motifs is 1. The number of hydrogen-bond donors (Lipinski definition) is 2. The Kier molecular flexibility index (Phi) is 3.07. The third kappa shape index (κ3) is 2.03. The number of H-pyrrole nitrogens is 1. The third-order valence-corrected chi connectivity index (χ3v) is 4.11. The number of nitrogens with zero attached hydrogens (tertiary/aromatic N) is 2. The van der Waals surface area contributed by atoms with Gasteiger partial charge in [-0.3, -0.25) is 9.89 Å².